The maximum Gasteiger partial charge on any atom is 0.0782 e. The normalized spacial score (nSPS) is 36.4. The van der Waals surface area contributed by atoms with Gasteiger partial charge in [0.1, 0.15) is 0 Å². The van der Waals surface area contributed by atoms with Crippen molar-refractivity contribution in [3.8, 4) is 0 Å². The zero-order valence-corrected chi connectivity index (χ0v) is 12.3. The second-order valence-corrected chi connectivity index (χ2v) is 6.63. The summed E-state index contributed by atoms with van der Waals surface area (Å²) in [4.78, 5) is 0. The Morgan fingerprint density at radius 3 is 2.19 bits per heavy atom. The third-order valence-corrected chi connectivity index (χ3v) is 5.62. The van der Waals surface area contributed by atoms with Gasteiger partial charge in [-0.1, -0.05) is 29.8 Å². The molecule has 2 fully saturated rings. The van der Waals surface area contributed by atoms with Gasteiger partial charge in [-0.15, -0.1) is 0 Å². The lowest BCUT2D eigenvalue weighted by Crippen LogP contribution is -2.44. The fraction of sp³-hybridized carbons (Fsp3) is 1.00. The molecule has 0 aromatic rings. The van der Waals surface area contributed by atoms with Crippen molar-refractivity contribution in [1.29, 1.82) is 0 Å². The highest BCUT2D eigenvalue weighted by molar-refractivity contribution is 9.09. The summed E-state index contributed by atoms with van der Waals surface area (Å²) in [7, 11) is 0. The average molecular weight is 289 g/mol. The SMILES string of the molecule is CC(C)C1CCC(CBr)(OC2CCC2)CC1. The van der Waals surface area contributed by atoms with Gasteiger partial charge >= 0.3 is 0 Å². The largest absolute Gasteiger partial charge is 0.371 e. The molecule has 0 atom stereocenters. The molecule has 0 spiro atoms. The van der Waals surface area contributed by atoms with Gasteiger partial charge in [-0.3, -0.25) is 0 Å². The zero-order valence-electron chi connectivity index (χ0n) is 10.7. The molecule has 1 nitrogen and oxygen atoms in total. The lowest BCUT2D eigenvalue weighted by atomic mass is 9.75. The fourth-order valence-corrected chi connectivity index (χ4v) is 3.65. The van der Waals surface area contributed by atoms with Crippen molar-refractivity contribution in [1.82, 2.24) is 0 Å². The molecule has 2 rings (SSSR count). The van der Waals surface area contributed by atoms with Crippen LogP contribution in [-0.2, 0) is 4.74 Å². The van der Waals surface area contributed by atoms with Crippen LogP contribution in [0.5, 0.6) is 0 Å². The summed E-state index contributed by atoms with van der Waals surface area (Å²) >= 11 is 3.68. The Labute approximate surface area is 108 Å². The van der Waals surface area contributed by atoms with Gasteiger partial charge in [0.2, 0.25) is 0 Å². The van der Waals surface area contributed by atoms with Crippen molar-refractivity contribution in [2.75, 3.05) is 5.33 Å². The molecule has 0 N–H and O–H groups in total. The summed E-state index contributed by atoms with van der Waals surface area (Å²) in [6.07, 6.45) is 9.77. The van der Waals surface area contributed by atoms with Gasteiger partial charge in [-0.2, -0.15) is 0 Å². The molecule has 2 heteroatoms. The van der Waals surface area contributed by atoms with E-state index in [4.69, 9.17) is 4.74 Å². The number of alkyl halides is 1. The number of rotatable bonds is 4. The topological polar surface area (TPSA) is 9.23 Å². The first-order valence-electron chi connectivity index (χ1n) is 6.89. The monoisotopic (exact) mass is 288 g/mol. The molecule has 2 aliphatic rings. The first-order valence-corrected chi connectivity index (χ1v) is 8.01. The van der Waals surface area contributed by atoms with Crippen molar-refractivity contribution in [2.45, 2.75) is 70.5 Å². The summed E-state index contributed by atoms with van der Waals surface area (Å²) in [5, 5.41) is 1.03. The maximum atomic E-state index is 6.35. The number of hydrogen-bond donors (Lipinski definition) is 0. The minimum absolute atomic E-state index is 0.177. The van der Waals surface area contributed by atoms with Crippen LogP contribution in [0.1, 0.15) is 58.8 Å². The molecule has 0 aliphatic heterocycles. The van der Waals surface area contributed by atoms with E-state index in [2.05, 4.69) is 29.8 Å². The Hall–Kier alpha value is 0.440. The molecule has 0 amide bonds. The fourth-order valence-electron chi connectivity index (χ4n) is 2.96. The molecular weight excluding hydrogens is 264 g/mol. The Bertz CT molecular complexity index is 215. The van der Waals surface area contributed by atoms with Gasteiger partial charge in [0.25, 0.3) is 0 Å². The second-order valence-electron chi connectivity index (χ2n) is 6.07. The lowest BCUT2D eigenvalue weighted by Gasteiger charge is -2.44. The van der Waals surface area contributed by atoms with E-state index in [9.17, 15) is 0 Å². The van der Waals surface area contributed by atoms with Crippen LogP contribution in [-0.4, -0.2) is 17.0 Å². The quantitative estimate of drug-likeness (QED) is 0.691. The summed E-state index contributed by atoms with van der Waals surface area (Å²) in [6.45, 7) is 4.72. The number of halogens is 1. The van der Waals surface area contributed by atoms with Crippen LogP contribution in [0.3, 0.4) is 0 Å². The molecular formula is C14H25BrO. The van der Waals surface area contributed by atoms with Gasteiger partial charge in [0.15, 0.2) is 0 Å². The first-order chi connectivity index (χ1) is 7.65. The van der Waals surface area contributed by atoms with Gasteiger partial charge in [-0.25, -0.2) is 0 Å². The molecule has 94 valence electrons. The smallest absolute Gasteiger partial charge is 0.0782 e. The van der Waals surface area contributed by atoms with Crippen molar-refractivity contribution in [3.63, 3.8) is 0 Å². The summed E-state index contributed by atoms with van der Waals surface area (Å²) < 4.78 is 6.35. The van der Waals surface area contributed by atoms with Gasteiger partial charge < -0.3 is 4.74 Å². The molecule has 0 aromatic carbocycles. The van der Waals surface area contributed by atoms with E-state index >= 15 is 0 Å². The molecule has 0 heterocycles. The molecule has 0 bridgehead atoms. The predicted molar refractivity (Wildman–Crippen MR) is 72.0 cm³/mol. The van der Waals surface area contributed by atoms with E-state index in [1.54, 1.807) is 0 Å². The molecule has 0 unspecified atom stereocenters. The van der Waals surface area contributed by atoms with Crippen LogP contribution in [0, 0.1) is 11.8 Å². The second kappa shape index (κ2) is 5.39. The first kappa shape index (κ1) is 12.9. The predicted octanol–water partition coefficient (Wildman–Crippen LogP) is 4.54. The van der Waals surface area contributed by atoms with Crippen LogP contribution in [0.2, 0.25) is 0 Å². The number of ether oxygens (including phenoxy) is 1. The third-order valence-electron chi connectivity index (χ3n) is 4.60. The lowest BCUT2D eigenvalue weighted by molar-refractivity contribution is -0.130. The van der Waals surface area contributed by atoms with E-state index in [0.29, 0.717) is 6.10 Å². The zero-order chi connectivity index (χ0) is 11.6. The summed E-state index contributed by atoms with van der Waals surface area (Å²) in [5.74, 6) is 1.77. The Morgan fingerprint density at radius 2 is 1.81 bits per heavy atom. The van der Waals surface area contributed by atoms with E-state index in [0.717, 1.165) is 17.2 Å². The minimum atomic E-state index is 0.177. The average Bonchev–Trinajstić information content (AvgIpc) is 2.24. The van der Waals surface area contributed by atoms with Crippen LogP contribution in [0.25, 0.3) is 0 Å². The molecule has 0 saturated heterocycles. The van der Waals surface area contributed by atoms with Crippen molar-refractivity contribution < 1.29 is 4.74 Å². The van der Waals surface area contributed by atoms with Crippen molar-refractivity contribution >= 4 is 15.9 Å². The molecule has 2 aliphatic carbocycles. The van der Waals surface area contributed by atoms with Gasteiger partial charge in [0.05, 0.1) is 11.7 Å². The van der Waals surface area contributed by atoms with E-state index < -0.39 is 0 Å². The standard InChI is InChI=1S/C14H25BrO/c1-11(2)12-6-8-14(10-15,9-7-12)16-13-4-3-5-13/h11-13H,3-10H2,1-2H3. The van der Waals surface area contributed by atoms with Gasteiger partial charge in [0, 0.05) is 5.33 Å². The highest BCUT2D eigenvalue weighted by Gasteiger charge is 2.39. The third kappa shape index (κ3) is 2.81. The van der Waals surface area contributed by atoms with Crippen molar-refractivity contribution in [3.05, 3.63) is 0 Å². The highest BCUT2D eigenvalue weighted by atomic mass is 79.9. The van der Waals surface area contributed by atoms with E-state index in [1.807, 2.05) is 0 Å². The van der Waals surface area contributed by atoms with Crippen molar-refractivity contribution in [2.24, 2.45) is 11.8 Å². The van der Waals surface area contributed by atoms with Gasteiger partial charge in [-0.05, 0) is 56.8 Å². The van der Waals surface area contributed by atoms with Crippen LogP contribution < -0.4 is 0 Å². The summed E-state index contributed by atoms with van der Waals surface area (Å²) in [5.41, 5.74) is 0.177. The molecule has 0 radical (unpaired) electrons. The van der Waals surface area contributed by atoms with E-state index in [-0.39, 0.29) is 5.60 Å². The van der Waals surface area contributed by atoms with Crippen LogP contribution >= 0.6 is 15.9 Å². The number of hydrogen-bond acceptors (Lipinski definition) is 1. The molecule has 2 saturated carbocycles. The van der Waals surface area contributed by atoms with E-state index in [1.165, 1.54) is 44.9 Å². The summed E-state index contributed by atoms with van der Waals surface area (Å²) in [6, 6.07) is 0. The Kier molecular flexibility index (Phi) is 4.34. The molecule has 16 heavy (non-hydrogen) atoms. The minimum Gasteiger partial charge on any atom is -0.371 e. The Morgan fingerprint density at radius 1 is 1.19 bits per heavy atom. The van der Waals surface area contributed by atoms with Crippen LogP contribution in [0.4, 0.5) is 0 Å². The Balaban J connectivity index is 1.86. The molecule has 0 aromatic heterocycles. The highest BCUT2D eigenvalue weighted by Crippen LogP contribution is 2.41. The maximum absolute atomic E-state index is 6.35. The van der Waals surface area contributed by atoms with Crippen LogP contribution in [0.15, 0.2) is 0 Å².